The normalized spacial score (nSPS) is 26.9. The third-order valence-corrected chi connectivity index (χ3v) is 11.5. The van der Waals surface area contributed by atoms with E-state index in [1.54, 1.807) is 0 Å². The first-order valence-corrected chi connectivity index (χ1v) is 20.0. The standard InChI is InChI=1S/C39H49N7O7S/c1-23(2)40-31-17-11-16-28(41-31)33-42-27-18-19-54-32(27)35(44-33)52-26-20-30-34(47)45-39(37(49)51-3)21-24(39)12-7-5-4-6-8-15-29(36(48)46(30)22-26)43-38(50)53-25-13-9-10-14-25/h7,11-12,16-19,23-26,29-30H,4-6,8-10,13-15,20-22H2,1-3H3,(H,40,41)(H,43,50)(H,45,47)/b12-7-/t24-,26-,29+,30+,39-/m1/s1. The first-order valence-electron chi connectivity index (χ1n) is 19.1. The molecule has 2 saturated carbocycles. The Morgan fingerprint density at radius 1 is 1.02 bits per heavy atom. The number of allylic oxidation sites excluding steroid dienone is 1. The molecule has 0 radical (unpaired) electrons. The summed E-state index contributed by atoms with van der Waals surface area (Å²) in [4.78, 5) is 70.8. The van der Waals surface area contributed by atoms with E-state index in [9.17, 15) is 19.2 Å². The third kappa shape index (κ3) is 8.30. The minimum absolute atomic E-state index is 0.0551. The van der Waals surface area contributed by atoms with Gasteiger partial charge in [-0.25, -0.2) is 19.6 Å². The van der Waals surface area contributed by atoms with Crippen molar-refractivity contribution in [1.82, 2.24) is 30.5 Å². The molecule has 3 aromatic rings. The summed E-state index contributed by atoms with van der Waals surface area (Å²) < 4.78 is 18.2. The van der Waals surface area contributed by atoms with E-state index in [-0.39, 0.29) is 31.0 Å². The molecule has 5 atom stereocenters. The maximum absolute atomic E-state index is 14.5. The summed E-state index contributed by atoms with van der Waals surface area (Å²) in [6, 6.07) is 5.76. The number of amides is 3. The van der Waals surface area contributed by atoms with E-state index in [2.05, 4.69) is 16.0 Å². The van der Waals surface area contributed by atoms with Gasteiger partial charge in [0, 0.05) is 18.4 Å². The van der Waals surface area contributed by atoms with Crippen LogP contribution in [0.3, 0.4) is 0 Å². The number of fused-ring (bicyclic) bond motifs is 3. The lowest BCUT2D eigenvalue weighted by atomic mass is 10.0. The van der Waals surface area contributed by atoms with Gasteiger partial charge in [0.25, 0.3) is 0 Å². The molecule has 4 aliphatic rings. The van der Waals surface area contributed by atoms with E-state index in [1.807, 2.05) is 55.6 Å². The molecule has 15 heteroatoms. The quantitative estimate of drug-likeness (QED) is 0.195. The highest BCUT2D eigenvalue weighted by atomic mass is 32.1. The molecule has 14 nitrogen and oxygen atoms in total. The Balaban J connectivity index is 1.18. The topological polar surface area (TPSA) is 174 Å². The fraction of sp³-hybridized carbons (Fsp3) is 0.564. The zero-order valence-corrected chi connectivity index (χ0v) is 31.9. The highest BCUT2D eigenvalue weighted by Gasteiger charge is 2.62. The van der Waals surface area contributed by atoms with Gasteiger partial charge in [-0.2, -0.15) is 4.98 Å². The van der Waals surface area contributed by atoms with Crippen LogP contribution in [0.25, 0.3) is 21.7 Å². The van der Waals surface area contributed by atoms with Gasteiger partial charge < -0.3 is 35.1 Å². The largest absolute Gasteiger partial charge is 0.471 e. The molecular weight excluding hydrogens is 711 g/mol. The molecule has 1 saturated heterocycles. The Bertz CT molecular complexity index is 1900. The van der Waals surface area contributed by atoms with Gasteiger partial charge in [-0.15, -0.1) is 11.3 Å². The Kier molecular flexibility index (Phi) is 11.3. The molecule has 3 amide bonds. The number of nitrogens with zero attached hydrogens (tertiary/aromatic N) is 4. The molecule has 3 fully saturated rings. The number of esters is 1. The van der Waals surface area contributed by atoms with Gasteiger partial charge in [-0.3, -0.25) is 9.59 Å². The van der Waals surface area contributed by atoms with Crippen LogP contribution in [-0.4, -0.2) is 93.3 Å². The highest BCUT2D eigenvalue weighted by molar-refractivity contribution is 7.17. The van der Waals surface area contributed by atoms with Gasteiger partial charge >= 0.3 is 12.1 Å². The fourth-order valence-electron chi connectivity index (χ4n) is 7.77. The zero-order chi connectivity index (χ0) is 37.8. The molecule has 7 rings (SSSR count). The molecule has 288 valence electrons. The van der Waals surface area contributed by atoms with Crippen LogP contribution in [0.15, 0.2) is 41.8 Å². The molecule has 0 spiro atoms. The van der Waals surface area contributed by atoms with E-state index in [4.69, 9.17) is 29.2 Å². The number of rotatable bonds is 8. The van der Waals surface area contributed by atoms with Crippen molar-refractivity contribution < 1.29 is 33.4 Å². The third-order valence-electron chi connectivity index (χ3n) is 10.6. The first-order chi connectivity index (χ1) is 26.1. The number of anilines is 1. The second-order valence-corrected chi connectivity index (χ2v) is 15.9. The summed E-state index contributed by atoms with van der Waals surface area (Å²) in [5.41, 5.74) is 0.0330. The minimum Gasteiger partial charge on any atom is -0.471 e. The zero-order valence-electron chi connectivity index (χ0n) is 31.0. The van der Waals surface area contributed by atoms with Crippen LogP contribution in [0.5, 0.6) is 5.88 Å². The molecule has 0 unspecified atom stereocenters. The number of carbonyl (C=O) groups excluding carboxylic acids is 4. The molecular formula is C39H49N7O7S. The number of ether oxygens (including phenoxy) is 3. The van der Waals surface area contributed by atoms with E-state index in [0.29, 0.717) is 48.0 Å². The number of methoxy groups -OCH3 is 1. The lowest BCUT2D eigenvalue weighted by Crippen LogP contribution is -2.56. The van der Waals surface area contributed by atoms with Gasteiger partial charge in [0.05, 0.1) is 19.2 Å². The van der Waals surface area contributed by atoms with Crippen molar-refractivity contribution in [3.8, 4) is 17.4 Å². The lowest BCUT2D eigenvalue weighted by Gasteiger charge is -2.29. The van der Waals surface area contributed by atoms with Crippen molar-refractivity contribution >= 4 is 51.2 Å². The van der Waals surface area contributed by atoms with Gasteiger partial charge in [0.15, 0.2) is 5.82 Å². The van der Waals surface area contributed by atoms with E-state index in [0.717, 1.165) is 49.6 Å². The SMILES string of the molecule is COC(=O)[C@@]12C[C@H]1/C=C\CCCCC[C@H](NC(=O)OC1CCCC1)C(=O)N1C[C@H](Oc3nc(-c4cccc(NC(C)C)n4)nc4ccsc34)C[C@H]1C(=O)N2. The van der Waals surface area contributed by atoms with E-state index >= 15 is 0 Å². The second-order valence-electron chi connectivity index (χ2n) is 15.0. The molecule has 5 heterocycles. The van der Waals surface area contributed by atoms with Gasteiger partial charge in [-0.1, -0.05) is 31.1 Å². The number of thiophene rings is 1. The predicted octanol–water partition coefficient (Wildman–Crippen LogP) is 5.53. The minimum atomic E-state index is -1.21. The van der Waals surface area contributed by atoms with E-state index in [1.165, 1.54) is 23.3 Å². The lowest BCUT2D eigenvalue weighted by molar-refractivity contribution is -0.148. The molecule has 2 aliphatic heterocycles. The van der Waals surface area contributed by atoms with Crippen molar-refractivity contribution in [2.75, 3.05) is 19.0 Å². The predicted molar refractivity (Wildman–Crippen MR) is 203 cm³/mol. The van der Waals surface area contributed by atoms with Crippen LogP contribution >= 0.6 is 11.3 Å². The maximum Gasteiger partial charge on any atom is 0.408 e. The number of nitrogens with one attached hydrogen (secondary N) is 3. The summed E-state index contributed by atoms with van der Waals surface area (Å²) in [5.74, 6) is -0.238. The number of hydrogen-bond donors (Lipinski definition) is 3. The molecule has 0 bridgehead atoms. The Morgan fingerprint density at radius 2 is 1.83 bits per heavy atom. The van der Waals surface area contributed by atoms with Crippen LogP contribution in [0.1, 0.15) is 84.5 Å². The first kappa shape index (κ1) is 37.5. The number of alkyl carbamates (subject to hydrolysis) is 1. The van der Waals surface area contributed by atoms with E-state index < -0.39 is 47.6 Å². The summed E-state index contributed by atoms with van der Waals surface area (Å²) >= 11 is 1.43. The highest BCUT2D eigenvalue weighted by Crippen LogP contribution is 2.46. The number of aromatic nitrogens is 3. The van der Waals surface area contributed by atoms with Crippen molar-refractivity contribution in [3.05, 3.63) is 41.8 Å². The van der Waals surface area contributed by atoms with Crippen LogP contribution in [-0.2, 0) is 23.9 Å². The van der Waals surface area contributed by atoms with Crippen molar-refractivity contribution in [1.29, 1.82) is 0 Å². The Labute approximate surface area is 318 Å². The van der Waals surface area contributed by atoms with Crippen molar-refractivity contribution in [2.24, 2.45) is 5.92 Å². The number of carbonyl (C=O) groups is 4. The van der Waals surface area contributed by atoms with Gasteiger partial charge in [0.1, 0.15) is 46.0 Å². The summed E-state index contributed by atoms with van der Waals surface area (Å²) in [6.07, 6.45) is 10.3. The average molecular weight is 760 g/mol. The monoisotopic (exact) mass is 759 g/mol. The number of pyridine rings is 1. The van der Waals surface area contributed by atoms with Gasteiger partial charge in [-0.05, 0) is 88.8 Å². The Hall–Kier alpha value is -4.79. The van der Waals surface area contributed by atoms with Crippen LogP contribution in [0, 0.1) is 5.92 Å². The Morgan fingerprint density at radius 3 is 2.63 bits per heavy atom. The van der Waals surface area contributed by atoms with Crippen LogP contribution in [0.4, 0.5) is 10.6 Å². The summed E-state index contributed by atoms with van der Waals surface area (Å²) in [5, 5.41) is 11.0. The average Bonchev–Trinajstić information content (AvgIpc) is 3.60. The molecule has 3 aromatic heterocycles. The maximum atomic E-state index is 14.5. The molecule has 2 aliphatic carbocycles. The summed E-state index contributed by atoms with van der Waals surface area (Å²) in [7, 11) is 1.31. The van der Waals surface area contributed by atoms with Crippen LogP contribution < -0.4 is 20.7 Å². The number of hydrogen-bond acceptors (Lipinski definition) is 12. The smallest absolute Gasteiger partial charge is 0.408 e. The fourth-order valence-corrected chi connectivity index (χ4v) is 8.54. The molecule has 0 aromatic carbocycles. The molecule has 3 N–H and O–H groups in total. The summed E-state index contributed by atoms with van der Waals surface area (Å²) in [6.45, 7) is 4.12. The second kappa shape index (κ2) is 16.3. The molecule has 54 heavy (non-hydrogen) atoms. The van der Waals surface area contributed by atoms with Crippen molar-refractivity contribution in [3.63, 3.8) is 0 Å². The van der Waals surface area contributed by atoms with Crippen molar-refractivity contribution in [2.45, 2.75) is 120 Å². The van der Waals surface area contributed by atoms with Gasteiger partial charge in [0.2, 0.25) is 17.7 Å². The van der Waals surface area contributed by atoms with Crippen LogP contribution in [0.2, 0.25) is 0 Å².